The van der Waals surface area contributed by atoms with Crippen molar-refractivity contribution in [3.63, 3.8) is 0 Å². The molecule has 80 valence electrons. The van der Waals surface area contributed by atoms with Crippen LogP contribution in [0.1, 0.15) is 11.1 Å². The molecular formula is C12H14FNO. The smallest absolute Gasteiger partial charge is 0.126 e. The van der Waals surface area contributed by atoms with Crippen molar-refractivity contribution in [2.24, 2.45) is 0 Å². The van der Waals surface area contributed by atoms with E-state index in [1.54, 1.807) is 19.1 Å². The zero-order chi connectivity index (χ0) is 10.8. The van der Waals surface area contributed by atoms with Crippen LogP contribution < -0.4 is 5.32 Å². The zero-order valence-electron chi connectivity index (χ0n) is 8.63. The standard InChI is InChI=1S/C12H14FNO/c1-8-2-3-9(5-12(8)13)10-4-11(15)7-14-6-10/h2-5,11,14-15H,6-7H2,1H3. The number of aryl methyl sites for hydroxylation is 1. The van der Waals surface area contributed by atoms with E-state index in [4.69, 9.17) is 0 Å². The van der Waals surface area contributed by atoms with Gasteiger partial charge in [-0.2, -0.15) is 0 Å². The third kappa shape index (κ3) is 2.25. The first-order valence-corrected chi connectivity index (χ1v) is 5.03. The van der Waals surface area contributed by atoms with Crippen LogP contribution in [-0.4, -0.2) is 24.3 Å². The van der Waals surface area contributed by atoms with Crippen LogP contribution in [0.15, 0.2) is 24.3 Å². The predicted octanol–water partition coefficient (Wildman–Crippen LogP) is 1.48. The van der Waals surface area contributed by atoms with Gasteiger partial charge >= 0.3 is 0 Å². The molecule has 1 aliphatic rings. The minimum absolute atomic E-state index is 0.200. The van der Waals surface area contributed by atoms with Crippen molar-refractivity contribution in [2.75, 3.05) is 13.1 Å². The fourth-order valence-electron chi connectivity index (χ4n) is 1.70. The van der Waals surface area contributed by atoms with E-state index in [2.05, 4.69) is 5.32 Å². The predicted molar refractivity (Wildman–Crippen MR) is 58.0 cm³/mol. The van der Waals surface area contributed by atoms with Crippen molar-refractivity contribution in [1.82, 2.24) is 5.32 Å². The molecule has 0 bridgehead atoms. The molecule has 2 nitrogen and oxygen atoms in total. The monoisotopic (exact) mass is 207 g/mol. The molecule has 0 spiro atoms. The number of nitrogens with one attached hydrogen (secondary N) is 1. The maximum absolute atomic E-state index is 13.3. The molecule has 2 rings (SSSR count). The number of rotatable bonds is 1. The molecule has 0 amide bonds. The number of aliphatic hydroxyl groups is 1. The molecule has 1 aliphatic heterocycles. The second-order valence-electron chi connectivity index (χ2n) is 3.85. The fraction of sp³-hybridized carbons (Fsp3) is 0.333. The number of β-amino-alcohol motifs (C(OH)–C–C–N with tert-alkyl or cyclic N) is 1. The van der Waals surface area contributed by atoms with E-state index in [0.717, 1.165) is 11.1 Å². The van der Waals surface area contributed by atoms with Crippen LogP contribution in [0.3, 0.4) is 0 Å². The first-order valence-electron chi connectivity index (χ1n) is 5.03. The Balaban J connectivity index is 2.33. The fourth-order valence-corrected chi connectivity index (χ4v) is 1.70. The van der Waals surface area contributed by atoms with Gasteiger partial charge < -0.3 is 10.4 Å². The number of hydrogen-bond donors (Lipinski definition) is 2. The van der Waals surface area contributed by atoms with E-state index in [1.165, 1.54) is 6.07 Å². The van der Waals surface area contributed by atoms with E-state index in [-0.39, 0.29) is 5.82 Å². The Morgan fingerprint density at radius 3 is 2.93 bits per heavy atom. The van der Waals surface area contributed by atoms with E-state index < -0.39 is 6.10 Å². The SMILES string of the molecule is Cc1ccc(C2=CC(O)CNC2)cc1F. The average Bonchev–Trinajstić information content (AvgIpc) is 2.22. The highest BCUT2D eigenvalue weighted by molar-refractivity contribution is 5.68. The molecule has 3 heteroatoms. The topological polar surface area (TPSA) is 32.3 Å². The number of hydrogen-bond acceptors (Lipinski definition) is 2. The van der Waals surface area contributed by atoms with Crippen LogP contribution in [0.2, 0.25) is 0 Å². The molecule has 1 heterocycles. The maximum Gasteiger partial charge on any atom is 0.126 e. The Bertz CT molecular complexity index is 401. The number of aliphatic hydroxyl groups excluding tert-OH is 1. The Morgan fingerprint density at radius 1 is 1.47 bits per heavy atom. The van der Waals surface area contributed by atoms with Gasteiger partial charge in [0.05, 0.1) is 6.10 Å². The summed E-state index contributed by atoms with van der Waals surface area (Å²) in [5, 5.41) is 12.5. The molecule has 0 radical (unpaired) electrons. The van der Waals surface area contributed by atoms with Gasteiger partial charge in [-0.05, 0) is 35.8 Å². The van der Waals surface area contributed by atoms with Gasteiger partial charge in [0.1, 0.15) is 5.82 Å². The van der Waals surface area contributed by atoms with Crippen LogP contribution in [0.25, 0.3) is 5.57 Å². The summed E-state index contributed by atoms with van der Waals surface area (Å²) < 4.78 is 13.3. The lowest BCUT2D eigenvalue weighted by atomic mass is 10.00. The molecule has 1 unspecified atom stereocenters. The summed E-state index contributed by atoms with van der Waals surface area (Å²) in [5.74, 6) is -0.200. The Kier molecular flexibility index (Phi) is 2.84. The molecular weight excluding hydrogens is 193 g/mol. The van der Waals surface area contributed by atoms with Crippen LogP contribution in [0, 0.1) is 12.7 Å². The first-order chi connectivity index (χ1) is 7.16. The van der Waals surface area contributed by atoms with Crippen LogP contribution in [-0.2, 0) is 0 Å². The largest absolute Gasteiger partial charge is 0.388 e. The van der Waals surface area contributed by atoms with Gasteiger partial charge in [-0.15, -0.1) is 0 Å². The quantitative estimate of drug-likeness (QED) is 0.731. The van der Waals surface area contributed by atoms with Crippen molar-refractivity contribution < 1.29 is 9.50 Å². The summed E-state index contributed by atoms with van der Waals surface area (Å²) in [5.41, 5.74) is 2.43. The lowest BCUT2D eigenvalue weighted by Crippen LogP contribution is -2.31. The summed E-state index contributed by atoms with van der Waals surface area (Å²) in [6.45, 7) is 2.98. The van der Waals surface area contributed by atoms with Crippen LogP contribution in [0.5, 0.6) is 0 Å². The lowest BCUT2D eigenvalue weighted by molar-refractivity contribution is 0.217. The van der Waals surface area contributed by atoms with Gasteiger partial charge in [-0.25, -0.2) is 4.39 Å². The molecule has 0 saturated heterocycles. The van der Waals surface area contributed by atoms with Crippen molar-refractivity contribution in [2.45, 2.75) is 13.0 Å². The van der Waals surface area contributed by atoms with Gasteiger partial charge in [0.2, 0.25) is 0 Å². The summed E-state index contributed by atoms with van der Waals surface area (Å²) in [7, 11) is 0. The Labute approximate surface area is 88.4 Å². The highest BCUT2D eigenvalue weighted by Crippen LogP contribution is 2.19. The summed E-state index contributed by atoms with van der Waals surface area (Å²) >= 11 is 0. The molecule has 0 aliphatic carbocycles. The minimum atomic E-state index is -0.474. The van der Waals surface area contributed by atoms with Crippen LogP contribution in [0.4, 0.5) is 4.39 Å². The molecule has 15 heavy (non-hydrogen) atoms. The Morgan fingerprint density at radius 2 is 2.27 bits per heavy atom. The van der Waals surface area contributed by atoms with E-state index in [0.29, 0.717) is 18.7 Å². The molecule has 0 aromatic heterocycles. The highest BCUT2D eigenvalue weighted by Gasteiger charge is 2.12. The van der Waals surface area contributed by atoms with Gasteiger partial charge in [0, 0.05) is 13.1 Å². The molecule has 0 saturated carbocycles. The van der Waals surface area contributed by atoms with Crippen molar-refractivity contribution in [3.05, 3.63) is 41.2 Å². The van der Waals surface area contributed by atoms with Gasteiger partial charge in [0.25, 0.3) is 0 Å². The minimum Gasteiger partial charge on any atom is -0.388 e. The third-order valence-electron chi connectivity index (χ3n) is 2.61. The highest BCUT2D eigenvalue weighted by atomic mass is 19.1. The molecule has 0 fully saturated rings. The number of benzene rings is 1. The van der Waals surface area contributed by atoms with E-state index >= 15 is 0 Å². The molecule has 2 N–H and O–H groups in total. The van der Waals surface area contributed by atoms with Gasteiger partial charge in [-0.3, -0.25) is 0 Å². The van der Waals surface area contributed by atoms with Gasteiger partial charge in [0.15, 0.2) is 0 Å². The third-order valence-corrected chi connectivity index (χ3v) is 2.61. The number of halogens is 1. The first kappa shape index (κ1) is 10.3. The van der Waals surface area contributed by atoms with E-state index in [9.17, 15) is 9.50 Å². The maximum atomic E-state index is 13.3. The van der Waals surface area contributed by atoms with E-state index in [1.807, 2.05) is 6.07 Å². The van der Waals surface area contributed by atoms with Crippen molar-refractivity contribution in [1.29, 1.82) is 0 Å². The summed E-state index contributed by atoms with van der Waals surface area (Å²) in [6, 6.07) is 5.15. The second-order valence-corrected chi connectivity index (χ2v) is 3.85. The van der Waals surface area contributed by atoms with Crippen molar-refractivity contribution in [3.8, 4) is 0 Å². The Hall–Kier alpha value is -1.19. The van der Waals surface area contributed by atoms with Gasteiger partial charge in [-0.1, -0.05) is 12.1 Å². The summed E-state index contributed by atoms with van der Waals surface area (Å²) in [6.07, 6.45) is 1.30. The second kappa shape index (κ2) is 4.13. The lowest BCUT2D eigenvalue weighted by Gasteiger charge is -2.18. The zero-order valence-corrected chi connectivity index (χ0v) is 8.63. The molecule has 1 atom stereocenters. The van der Waals surface area contributed by atoms with Crippen LogP contribution >= 0.6 is 0 Å². The normalized spacial score (nSPS) is 21.3. The molecule has 1 aromatic carbocycles. The molecule has 1 aromatic rings. The van der Waals surface area contributed by atoms with Crippen molar-refractivity contribution >= 4 is 5.57 Å². The summed E-state index contributed by atoms with van der Waals surface area (Å²) in [4.78, 5) is 0. The average molecular weight is 207 g/mol.